The summed E-state index contributed by atoms with van der Waals surface area (Å²) in [5, 5.41) is 0. The second kappa shape index (κ2) is 4.60. The SMILES string of the molecule is O=C(c1ncn2c1COc1ccccc1-2)N1CCCC2(CC2)C1. The van der Waals surface area contributed by atoms with Crippen molar-refractivity contribution in [2.45, 2.75) is 32.3 Å². The minimum absolute atomic E-state index is 0.0627. The van der Waals surface area contributed by atoms with Gasteiger partial charge in [-0.15, -0.1) is 0 Å². The number of carbonyl (C=O) groups excluding carboxylic acids is 1. The van der Waals surface area contributed by atoms with E-state index in [-0.39, 0.29) is 5.91 Å². The molecule has 3 aliphatic rings. The van der Waals surface area contributed by atoms with Crippen LogP contribution in [0.2, 0.25) is 0 Å². The Morgan fingerprint density at radius 3 is 2.96 bits per heavy atom. The van der Waals surface area contributed by atoms with Crippen LogP contribution in [0.5, 0.6) is 5.75 Å². The van der Waals surface area contributed by atoms with Crippen LogP contribution in [0.1, 0.15) is 41.9 Å². The number of aromatic nitrogens is 2. The molecule has 0 bridgehead atoms. The third kappa shape index (κ3) is 1.99. The Balaban J connectivity index is 1.49. The van der Waals surface area contributed by atoms with Crippen molar-refractivity contribution >= 4 is 5.91 Å². The molecule has 1 saturated heterocycles. The number of hydrogen-bond donors (Lipinski definition) is 0. The van der Waals surface area contributed by atoms with E-state index in [1.807, 2.05) is 33.7 Å². The summed E-state index contributed by atoms with van der Waals surface area (Å²) < 4.78 is 7.80. The van der Waals surface area contributed by atoms with E-state index in [1.165, 1.54) is 19.3 Å². The van der Waals surface area contributed by atoms with Gasteiger partial charge in [0.25, 0.3) is 5.91 Å². The summed E-state index contributed by atoms with van der Waals surface area (Å²) in [5.41, 5.74) is 2.80. The molecule has 23 heavy (non-hydrogen) atoms. The molecular formula is C18H19N3O2. The number of hydrogen-bond acceptors (Lipinski definition) is 3. The van der Waals surface area contributed by atoms with Crippen molar-refractivity contribution in [2.24, 2.45) is 5.41 Å². The van der Waals surface area contributed by atoms with E-state index in [9.17, 15) is 4.79 Å². The van der Waals surface area contributed by atoms with Crippen LogP contribution in [0.3, 0.4) is 0 Å². The number of rotatable bonds is 1. The van der Waals surface area contributed by atoms with Crippen molar-refractivity contribution in [1.29, 1.82) is 0 Å². The fraction of sp³-hybridized carbons (Fsp3) is 0.444. The molecule has 0 unspecified atom stereocenters. The molecule has 2 aromatic rings. The molecule has 5 nitrogen and oxygen atoms in total. The van der Waals surface area contributed by atoms with Gasteiger partial charge in [-0.3, -0.25) is 9.36 Å². The number of imidazole rings is 1. The smallest absolute Gasteiger partial charge is 0.274 e. The lowest BCUT2D eigenvalue weighted by Crippen LogP contribution is -2.41. The van der Waals surface area contributed by atoms with Crippen LogP contribution in [0.4, 0.5) is 0 Å². The fourth-order valence-electron chi connectivity index (χ4n) is 3.94. The lowest BCUT2D eigenvalue weighted by molar-refractivity contribution is 0.0646. The van der Waals surface area contributed by atoms with E-state index < -0.39 is 0 Å². The summed E-state index contributed by atoms with van der Waals surface area (Å²) in [6.45, 7) is 2.15. The van der Waals surface area contributed by atoms with Gasteiger partial charge in [0.2, 0.25) is 0 Å². The van der Waals surface area contributed by atoms with Crippen LogP contribution >= 0.6 is 0 Å². The van der Waals surface area contributed by atoms with Gasteiger partial charge in [-0.2, -0.15) is 0 Å². The molecule has 1 aliphatic carbocycles. The molecule has 0 atom stereocenters. The predicted molar refractivity (Wildman–Crippen MR) is 84.7 cm³/mol. The molecule has 1 spiro atoms. The quantitative estimate of drug-likeness (QED) is 0.814. The van der Waals surface area contributed by atoms with Gasteiger partial charge < -0.3 is 9.64 Å². The highest BCUT2D eigenvalue weighted by atomic mass is 16.5. The molecule has 1 aromatic heterocycles. The van der Waals surface area contributed by atoms with Crippen LogP contribution in [0.15, 0.2) is 30.6 Å². The molecule has 3 heterocycles. The van der Waals surface area contributed by atoms with E-state index in [4.69, 9.17) is 4.74 Å². The molecule has 0 radical (unpaired) electrons. The third-order valence-electron chi connectivity index (χ3n) is 5.46. The number of benzene rings is 1. The number of nitrogens with zero attached hydrogens (tertiary/aromatic N) is 3. The van der Waals surface area contributed by atoms with E-state index in [0.29, 0.717) is 17.7 Å². The predicted octanol–water partition coefficient (Wildman–Crippen LogP) is 2.78. The molecular weight excluding hydrogens is 290 g/mol. The first-order valence-corrected chi connectivity index (χ1v) is 8.34. The molecule has 2 aliphatic heterocycles. The summed E-state index contributed by atoms with van der Waals surface area (Å²) in [6, 6.07) is 7.87. The lowest BCUT2D eigenvalue weighted by Gasteiger charge is -2.33. The molecule has 2 fully saturated rings. The Bertz CT molecular complexity index is 791. The zero-order valence-corrected chi connectivity index (χ0v) is 13.0. The van der Waals surface area contributed by atoms with Crippen LogP contribution < -0.4 is 4.74 Å². The summed E-state index contributed by atoms with van der Waals surface area (Å²) in [5.74, 6) is 0.902. The van der Waals surface area contributed by atoms with Crippen molar-refractivity contribution in [2.75, 3.05) is 13.1 Å². The van der Waals surface area contributed by atoms with Crippen LogP contribution in [0, 0.1) is 5.41 Å². The maximum Gasteiger partial charge on any atom is 0.274 e. The van der Waals surface area contributed by atoms with E-state index in [1.54, 1.807) is 6.33 Å². The summed E-state index contributed by atoms with van der Waals surface area (Å²) >= 11 is 0. The van der Waals surface area contributed by atoms with Gasteiger partial charge >= 0.3 is 0 Å². The number of fused-ring (bicyclic) bond motifs is 3. The number of carbonyl (C=O) groups is 1. The Morgan fingerprint density at radius 1 is 1.22 bits per heavy atom. The largest absolute Gasteiger partial charge is 0.485 e. The van der Waals surface area contributed by atoms with Gasteiger partial charge in [0, 0.05) is 13.1 Å². The molecule has 118 valence electrons. The normalized spacial score (nSPS) is 20.6. The minimum Gasteiger partial charge on any atom is -0.485 e. The van der Waals surface area contributed by atoms with Crippen LogP contribution in [0.25, 0.3) is 5.69 Å². The first-order valence-electron chi connectivity index (χ1n) is 8.34. The van der Waals surface area contributed by atoms with Gasteiger partial charge in [0.05, 0.1) is 11.4 Å². The third-order valence-corrected chi connectivity index (χ3v) is 5.46. The van der Waals surface area contributed by atoms with Gasteiger partial charge in [-0.1, -0.05) is 12.1 Å². The fourth-order valence-corrected chi connectivity index (χ4v) is 3.94. The summed E-state index contributed by atoms with van der Waals surface area (Å²) in [7, 11) is 0. The van der Waals surface area contributed by atoms with E-state index in [0.717, 1.165) is 36.6 Å². The molecule has 0 N–H and O–H groups in total. The number of para-hydroxylation sites is 2. The monoisotopic (exact) mass is 309 g/mol. The van der Waals surface area contributed by atoms with Gasteiger partial charge in [0.15, 0.2) is 5.69 Å². The number of ether oxygens (including phenoxy) is 1. The molecule has 5 rings (SSSR count). The average molecular weight is 309 g/mol. The Kier molecular flexibility index (Phi) is 2.63. The number of likely N-dealkylation sites (tertiary alicyclic amines) is 1. The standard InChI is InChI=1S/C18H19N3O2/c22-17(20-9-3-6-18(11-20)7-8-18)16-14-10-23-15-5-2-1-4-13(15)21(14)12-19-16/h1-2,4-5,12H,3,6-11H2. The van der Waals surface area contributed by atoms with E-state index in [2.05, 4.69) is 4.98 Å². The highest BCUT2D eigenvalue weighted by Gasteiger charge is 2.46. The second-order valence-electron chi connectivity index (χ2n) is 7.00. The Hall–Kier alpha value is -2.30. The zero-order valence-electron chi connectivity index (χ0n) is 13.0. The number of piperidine rings is 1. The maximum absolute atomic E-state index is 13.0. The van der Waals surface area contributed by atoms with Gasteiger partial charge in [-0.05, 0) is 43.2 Å². The zero-order chi connectivity index (χ0) is 15.4. The van der Waals surface area contributed by atoms with Gasteiger partial charge in [-0.25, -0.2) is 4.98 Å². The second-order valence-corrected chi connectivity index (χ2v) is 7.00. The van der Waals surface area contributed by atoms with Crippen molar-refractivity contribution in [1.82, 2.24) is 14.5 Å². The number of amides is 1. The minimum atomic E-state index is 0.0627. The summed E-state index contributed by atoms with van der Waals surface area (Å²) in [6.07, 6.45) is 6.68. The van der Waals surface area contributed by atoms with Crippen molar-refractivity contribution in [3.8, 4) is 11.4 Å². The highest BCUT2D eigenvalue weighted by Crippen LogP contribution is 2.52. The molecule has 5 heteroatoms. The van der Waals surface area contributed by atoms with Crippen molar-refractivity contribution in [3.05, 3.63) is 42.0 Å². The maximum atomic E-state index is 13.0. The van der Waals surface area contributed by atoms with Crippen LogP contribution in [-0.4, -0.2) is 33.4 Å². The Labute approximate surface area is 134 Å². The molecule has 1 amide bonds. The average Bonchev–Trinajstić information content (AvgIpc) is 3.19. The van der Waals surface area contributed by atoms with Crippen molar-refractivity contribution in [3.63, 3.8) is 0 Å². The topological polar surface area (TPSA) is 47.4 Å². The van der Waals surface area contributed by atoms with E-state index >= 15 is 0 Å². The van der Waals surface area contributed by atoms with Gasteiger partial charge in [0.1, 0.15) is 18.7 Å². The van der Waals surface area contributed by atoms with Crippen LogP contribution in [-0.2, 0) is 6.61 Å². The Morgan fingerprint density at radius 2 is 2.09 bits per heavy atom. The lowest BCUT2D eigenvalue weighted by atomic mass is 9.95. The summed E-state index contributed by atoms with van der Waals surface area (Å²) in [4.78, 5) is 19.4. The van der Waals surface area contributed by atoms with Crippen molar-refractivity contribution < 1.29 is 9.53 Å². The first kappa shape index (κ1) is 13.2. The molecule has 1 aromatic carbocycles. The highest BCUT2D eigenvalue weighted by molar-refractivity contribution is 5.94. The first-order chi connectivity index (χ1) is 11.3. The molecule has 1 saturated carbocycles.